The Bertz CT molecular complexity index is 421. The highest BCUT2D eigenvalue weighted by Gasteiger charge is 2.31. The van der Waals surface area contributed by atoms with Crippen molar-refractivity contribution in [2.24, 2.45) is 5.92 Å². The molecule has 1 fully saturated rings. The van der Waals surface area contributed by atoms with Gasteiger partial charge in [-0.15, -0.1) is 0 Å². The molecule has 1 aromatic rings. The van der Waals surface area contributed by atoms with Crippen molar-refractivity contribution in [3.05, 3.63) is 29.8 Å². The summed E-state index contributed by atoms with van der Waals surface area (Å²) in [6.07, 6.45) is 2.38. The van der Waals surface area contributed by atoms with Crippen LogP contribution in [0.25, 0.3) is 0 Å². The molecule has 0 aromatic heterocycles. The van der Waals surface area contributed by atoms with Gasteiger partial charge in [0.2, 0.25) is 0 Å². The van der Waals surface area contributed by atoms with Crippen molar-refractivity contribution in [2.45, 2.75) is 25.8 Å². The second-order valence-electron chi connectivity index (χ2n) is 5.68. The summed E-state index contributed by atoms with van der Waals surface area (Å²) < 4.78 is 5.68. The maximum Gasteiger partial charge on any atom is 0.0624 e. The number of nitrogens with zero attached hydrogens (tertiary/aromatic N) is 1. The third kappa shape index (κ3) is 2.77. The third-order valence-corrected chi connectivity index (χ3v) is 4.29. The summed E-state index contributed by atoms with van der Waals surface area (Å²) in [6, 6.07) is 9.34. The van der Waals surface area contributed by atoms with E-state index in [1.54, 1.807) is 0 Å². The first-order valence-electron chi connectivity index (χ1n) is 7.52. The molecule has 2 aliphatic heterocycles. The van der Waals surface area contributed by atoms with Crippen LogP contribution >= 0.6 is 0 Å². The quantitative estimate of drug-likeness (QED) is 0.877. The molecule has 0 spiro atoms. The van der Waals surface area contributed by atoms with Crippen molar-refractivity contribution in [3.8, 4) is 0 Å². The van der Waals surface area contributed by atoms with Gasteiger partial charge in [0.15, 0.2) is 0 Å². The van der Waals surface area contributed by atoms with Gasteiger partial charge in [0, 0.05) is 30.7 Å². The predicted molar refractivity (Wildman–Crippen MR) is 78.7 cm³/mol. The minimum atomic E-state index is 0.535. The van der Waals surface area contributed by atoms with E-state index in [1.807, 2.05) is 0 Å². The summed E-state index contributed by atoms with van der Waals surface area (Å²) in [4.78, 5) is 2.54. The van der Waals surface area contributed by atoms with E-state index in [0.29, 0.717) is 12.0 Å². The standard InChI is InChI=1S/C16H24N2O/c1-2-8-17-15-12-19-11-14(15)10-18-9-7-13-5-3-4-6-16(13)18/h3-6,14-15,17H,2,7-12H2,1H3. The highest BCUT2D eigenvalue weighted by Crippen LogP contribution is 2.29. The van der Waals surface area contributed by atoms with Crippen LogP contribution in [0.5, 0.6) is 0 Å². The van der Waals surface area contributed by atoms with E-state index in [-0.39, 0.29) is 0 Å². The predicted octanol–water partition coefficient (Wildman–Crippen LogP) is 2.06. The summed E-state index contributed by atoms with van der Waals surface area (Å²) in [5.74, 6) is 0.623. The van der Waals surface area contributed by atoms with Gasteiger partial charge < -0.3 is 15.0 Å². The van der Waals surface area contributed by atoms with E-state index in [4.69, 9.17) is 4.74 Å². The molecular formula is C16H24N2O. The molecule has 3 rings (SSSR count). The summed E-state index contributed by atoms with van der Waals surface area (Å²) in [7, 11) is 0. The zero-order chi connectivity index (χ0) is 13.1. The molecule has 0 saturated carbocycles. The number of hydrogen-bond acceptors (Lipinski definition) is 3. The number of ether oxygens (including phenoxy) is 1. The summed E-state index contributed by atoms with van der Waals surface area (Å²) in [6.45, 7) is 7.38. The van der Waals surface area contributed by atoms with Crippen molar-refractivity contribution in [1.29, 1.82) is 0 Å². The fourth-order valence-electron chi connectivity index (χ4n) is 3.21. The van der Waals surface area contributed by atoms with Crippen molar-refractivity contribution >= 4 is 5.69 Å². The monoisotopic (exact) mass is 260 g/mol. The van der Waals surface area contributed by atoms with Crippen LogP contribution in [-0.4, -0.2) is 38.9 Å². The number of hydrogen-bond donors (Lipinski definition) is 1. The normalized spacial score (nSPS) is 25.8. The minimum Gasteiger partial charge on any atom is -0.379 e. The van der Waals surface area contributed by atoms with E-state index >= 15 is 0 Å². The lowest BCUT2D eigenvalue weighted by Crippen LogP contribution is -2.41. The zero-order valence-corrected chi connectivity index (χ0v) is 11.8. The van der Waals surface area contributed by atoms with Gasteiger partial charge in [0.05, 0.1) is 13.2 Å². The van der Waals surface area contributed by atoms with Gasteiger partial charge >= 0.3 is 0 Å². The van der Waals surface area contributed by atoms with Crippen LogP contribution in [0.1, 0.15) is 18.9 Å². The molecule has 2 atom stereocenters. The Labute approximate surface area is 115 Å². The van der Waals surface area contributed by atoms with E-state index in [1.165, 1.54) is 24.1 Å². The van der Waals surface area contributed by atoms with Crippen LogP contribution in [0.3, 0.4) is 0 Å². The molecule has 2 unspecified atom stereocenters. The van der Waals surface area contributed by atoms with Gasteiger partial charge in [0.25, 0.3) is 0 Å². The second-order valence-corrected chi connectivity index (χ2v) is 5.68. The summed E-state index contributed by atoms with van der Waals surface area (Å²) >= 11 is 0. The largest absolute Gasteiger partial charge is 0.379 e. The van der Waals surface area contributed by atoms with E-state index < -0.39 is 0 Å². The zero-order valence-electron chi connectivity index (χ0n) is 11.8. The molecule has 19 heavy (non-hydrogen) atoms. The SMILES string of the molecule is CCCNC1COCC1CN1CCc2ccccc21. The maximum absolute atomic E-state index is 5.68. The highest BCUT2D eigenvalue weighted by molar-refractivity contribution is 5.57. The molecule has 0 amide bonds. The van der Waals surface area contributed by atoms with Gasteiger partial charge in [-0.3, -0.25) is 0 Å². The van der Waals surface area contributed by atoms with Crippen molar-refractivity contribution in [2.75, 3.05) is 37.7 Å². The van der Waals surface area contributed by atoms with Crippen LogP contribution in [-0.2, 0) is 11.2 Å². The molecule has 0 radical (unpaired) electrons. The molecule has 0 bridgehead atoms. The minimum absolute atomic E-state index is 0.535. The topological polar surface area (TPSA) is 24.5 Å². The molecule has 0 aliphatic carbocycles. The van der Waals surface area contributed by atoms with E-state index in [0.717, 1.165) is 32.8 Å². The number of rotatable bonds is 5. The van der Waals surface area contributed by atoms with Gasteiger partial charge in [-0.05, 0) is 31.0 Å². The van der Waals surface area contributed by atoms with Crippen molar-refractivity contribution in [1.82, 2.24) is 5.32 Å². The van der Waals surface area contributed by atoms with Gasteiger partial charge in [-0.2, -0.15) is 0 Å². The summed E-state index contributed by atoms with van der Waals surface area (Å²) in [5.41, 5.74) is 2.93. The molecule has 1 N–H and O–H groups in total. The Morgan fingerprint density at radius 1 is 1.32 bits per heavy atom. The molecule has 1 aromatic carbocycles. The fraction of sp³-hybridized carbons (Fsp3) is 0.625. The average Bonchev–Trinajstić information content (AvgIpc) is 3.05. The Morgan fingerprint density at radius 3 is 3.11 bits per heavy atom. The van der Waals surface area contributed by atoms with E-state index in [2.05, 4.69) is 41.4 Å². The van der Waals surface area contributed by atoms with Gasteiger partial charge in [-0.25, -0.2) is 0 Å². The smallest absolute Gasteiger partial charge is 0.0624 e. The van der Waals surface area contributed by atoms with E-state index in [9.17, 15) is 0 Å². The van der Waals surface area contributed by atoms with Crippen LogP contribution in [0.2, 0.25) is 0 Å². The maximum atomic E-state index is 5.68. The lowest BCUT2D eigenvalue weighted by molar-refractivity contribution is 0.183. The Balaban J connectivity index is 1.62. The first-order valence-corrected chi connectivity index (χ1v) is 7.52. The van der Waals surface area contributed by atoms with Gasteiger partial charge in [-0.1, -0.05) is 25.1 Å². The molecule has 1 saturated heterocycles. The van der Waals surface area contributed by atoms with Crippen LogP contribution in [0.15, 0.2) is 24.3 Å². The first kappa shape index (κ1) is 12.9. The fourth-order valence-corrected chi connectivity index (χ4v) is 3.21. The number of fused-ring (bicyclic) bond motifs is 1. The molecule has 3 heteroatoms. The van der Waals surface area contributed by atoms with Crippen LogP contribution in [0, 0.1) is 5.92 Å². The molecular weight excluding hydrogens is 236 g/mol. The number of benzene rings is 1. The van der Waals surface area contributed by atoms with Crippen molar-refractivity contribution in [3.63, 3.8) is 0 Å². The first-order chi connectivity index (χ1) is 9.38. The second kappa shape index (κ2) is 5.93. The third-order valence-electron chi connectivity index (χ3n) is 4.29. The Kier molecular flexibility index (Phi) is 4.04. The molecule has 3 nitrogen and oxygen atoms in total. The number of para-hydroxylation sites is 1. The highest BCUT2D eigenvalue weighted by atomic mass is 16.5. The molecule has 104 valence electrons. The number of anilines is 1. The Hall–Kier alpha value is -1.06. The van der Waals surface area contributed by atoms with Crippen LogP contribution in [0.4, 0.5) is 5.69 Å². The molecule has 2 aliphatic rings. The average molecular weight is 260 g/mol. The summed E-state index contributed by atoms with van der Waals surface area (Å²) in [5, 5.41) is 3.63. The van der Waals surface area contributed by atoms with Crippen LogP contribution < -0.4 is 10.2 Å². The lowest BCUT2D eigenvalue weighted by atomic mass is 10.0. The van der Waals surface area contributed by atoms with Crippen molar-refractivity contribution < 1.29 is 4.74 Å². The van der Waals surface area contributed by atoms with Gasteiger partial charge in [0.1, 0.15) is 0 Å². The Morgan fingerprint density at radius 2 is 2.21 bits per heavy atom. The lowest BCUT2D eigenvalue weighted by Gasteiger charge is -2.26. The molecule has 2 heterocycles. The number of nitrogens with one attached hydrogen (secondary N) is 1.